The number of carbonyl (C=O) groups is 1. The van der Waals surface area contributed by atoms with Gasteiger partial charge in [0.05, 0.1) is 6.20 Å². The van der Waals surface area contributed by atoms with Gasteiger partial charge in [0.1, 0.15) is 5.56 Å². The molecule has 0 unspecified atom stereocenters. The van der Waals surface area contributed by atoms with Crippen molar-refractivity contribution in [2.75, 3.05) is 0 Å². The van der Waals surface area contributed by atoms with Crippen LogP contribution in [0.4, 0.5) is 0 Å². The summed E-state index contributed by atoms with van der Waals surface area (Å²) in [5.41, 5.74) is 1.77. The van der Waals surface area contributed by atoms with Crippen LogP contribution >= 0.6 is 0 Å². The van der Waals surface area contributed by atoms with E-state index in [0.717, 1.165) is 35.7 Å². The molecule has 1 heterocycles. The van der Waals surface area contributed by atoms with Crippen molar-refractivity contribution in [1.82, 2.24) is 14.1 Å². The Morgan fingerprint density at radius 2 is 1.88 bits per heavy atom. The maximum Gasteiger partial charge on any atom is 0.340 e. The summed E-state index contributed by atoms with van der Waals surface area (Å²) in [5, 5.41) is 12.8. The SMILES string of the molecule is CCc1ccc(CN(C2CC2)S(=O)(=O)c2c(C(=O)O)cnn2C)cc1. The number of hydrogen-bond donors (Lipinski definition) is 1. The van der Waals surface area contributed by atoms with Crippen molar-refractivity contribution in [3.05, 3.63) is 47.2 Å². The predicted octanol–water partition coefficient (Wildman–Crippen LogP) is 2.03. The highest BCUT2D eigenvalue weighted by Crippen LogP contribution is 2.34. The van der Waals surface area contributed by atoms with Gasteiger partial charge in [0.25, 0.3) is 10.0 Å². The van der Waals surface area contributed by atoms with E-state index in [1.165, 1.54) is 16.9 Å². The zero-order chi connectivity index (χ0) is 18.2. The van der Waals surface area contributed by atoms with Crippen LogP contribution < -0.4 is 0 Å². The van der Waals surface area contributed by atoms with Crippen LogP contribution in [0.1, 0.15) is 41.3 Å². The molecule has 0 aliphatic heterocycles. The van der Waals surface area contributed by atoms with Gasteiger partial charge in [0.15, 0.2) is 5.03 Å². The van der Waals surface area contributed by atoms with E-state index < -0.39 is 16.0 Å². The minimum Gasteiger partial charge on any atom is -0.478 e. The molecule has 1 saturated carbocycles. The molecule has 134 valence electrons. The van der Waals surface area contributed by atoms with Crippen molar-refractivity contribution in [2.24, 2.45) is 7.05 Å². The average Bonchev–Trinajstić information content (AvgIpc) is 3.33. The molecule has 0 atom stereocenters. The van der Waals surface area contributed by atoms with Crippen molar-refractivity contribution < 1.29 is 18.3 Å². The number of aryl methyl sites for hydroxylation is 2. The second kappa shape index (κ2) is 6.61. The fraction of sp³-hybridized carbons (Fsp3) is 0.412. The van der Waals surface area contributed by atoms with Crippen LogP contribution in [0, 0.1) is 0 Å². The number of nitrogens with zero attached hydrogens (tertiary/aromatic N) is 3. The van der Waals surface area contributed by atoms with E-state index in [2.05, 4.69) is 12.0 Å². The molecular formula is C17H21N3O4S. The minimum atomic E-state index is -3.96. The molecule has 0 saturated heterocycles. The van der Waals surface area contributed by atoms with Crippen molar-refractivity contribution in [1.29, 1.82) is 0 Å². The van der Waals surface area contributed by atoms with Gasteiger partial charge in [-0.3, -0.25) is 4.68 Å². The summed E-state index contributed by atoms with van der Waals surface area (Å²) in [6, 6.07) is 7.72. The Bertz CT molecular complexity index is 883. The quantitative estimate of drug-likeness (QED) is 0.812. The number of hydrogen-bond acceptors (Lipinski definition) is 4. The van der Waals surface area contributed by atoms with Gasteiger partial charge in [-0.25, -0.2) is 13.2 Å². The molecule has 0 bridgehead atoms. The van der Waals surface area contributed by atoms with E-state index in [9.17, 15) is 18.3 Å². The summed E-state index contributed by atoms with van der Waals surface area (Å²) >= 11 is 0. The smallest absolute Gasteiger partial charge is 0.340 e. The zero-order valence-corrected chi connectivity index (χ0v) is 15.0. The third-order valence-corrected chi connectivity index (χ3v) is 6.41. The summed E-state index contributed by atoms with van der Waals surface area (Å²) in [4.78, 5) is 11.4. The molecule has 1 N–H and O–H groups in total. The molecule has 1 aromatic heterocycles. The first-order valence-electron chi connectivity index (χ1n) is 8.19. The average molecular weight is 363 g/mol. The second-order valence-electron chi connectivity index (χ2n) is 6.24. The largest absolute Gasteiger partial charge is 0.478 e. The molecule has 0 amide bonds. The van der Waals surface area contributed by atoms with Crippen LogP contribution in [0.2, 0.25) is 0 Å². The lowest BCUT2D eigenvalue weighted by Crippen LogP contribution is -2.34. The number of carboxylic acid groups (broad SMARTS) is 1. The van der Waals surface area contributed by atoms with Crippen molar-refractivity contribution >= 4 is 16.0 Å². The Morgan fingerprint density at radius 1 is 1.28 bits per heavy atom. The predicted molar refractivity (Wildman–Crippen MR) is 91.7 cm³/mol. The number of rotatable bonds is 7. The molecular weight excluding hydrogens is 342 g/mol. The highest BCUT2D eigenvalue weighted by Gasteiger charge is 2.41. The van der Waals surface area contributed by atoms with E-state index in [4.69, 9.17) is 0 Å². The topological polar surface area (TPSA) is 92.5 Å². The molecule has 1 aliphatic rings. The van der Waals surface area contributed by atoms with Crippen LogP contribution in [-0.2, 0) is 30.0 Å². The Kier molecular flexibility index (Phi) is 4.66. The first-order valence-corrected chi connectivity index (χ1v) is 9.63. The Balaban J connectivity index is 1.97. The van der Waals surface area contributed by atoms with Gasteiger partial charge in [-0.2, -0.15) is 9.40 Å². The zero-order valence-electron chi connectivity index (χ0n) is 14.2. The van der Waals surface area contributed by atoms with E-state index >= 15 is 0 Å². The van der Waals surface area contributed by atoms with Gasteiger partial charge < -0.3 is 5.11 Å². The highest BCUT2D eigenvalue weighted by molar-refractivity contribution is 7.89. The first-order chi connectivity index (χ1) is 11.8. The number of aromatic nitrogens is 2. The van der Waals surface area contributed by atoms with Crippen molar-refractivity contribution in [3.63, 3.8) is 0 Å². The van der Waals surface area contributed by atoms with Crippen LogP contribution in [0.25, 0.3) is 0 Å². The fourth-order valence-corrected chi connectivity index (χ4v) is 4.77. The Morgan fingerprint density at radius 3 is 2.40 bits per heavy atom. The highest BCUT2D eigenvalue weighted by atomic mass is 32.2. The lowest BCUT2D eigenvalue weighted by Gasteiger charge is -2.22. The number of aromatic carboxylic acids is 1. The Labute approximate surface area is 146 Å². The van der Waals surface area contributed by atoms with Gasteiger partial charge in [-0.05, 0) is 30.4 Å². The summed E-state index contributed by atoms with van der Waals surface area (Å²) in [6.45, 7) is 2.28. The second-order valence-corrected chi connectivity index (χ2v) is 8.05. The van der Waals surface area contributed by atoms with E-state index in [-0.39, 0.29) is 23.2 Å². The first kappa shape index (κ1) is 17.6. The summed E-state index contributed by atoms with van der Waals surface area (Å²) in [7, 11) is -2.52. The molecule has 1 aromatic carbocycles. The van der Waals surface area contributed by atoms with Crippen molar-refractivity contribution in [2.45, 2.75) is 43.8 Å². The van der Waals surface area contributed by atoms with Crippen LogP contribution in [0.15, 0.2) is 35.5 Å². The van der Waals surface area contributed by atoms with Crippen LogP contribution in [0.5, 0.6) is 0 Å². The van der Waals surface area contributed by atoms with Gasteiger partial charge in [0.2, 0.25) is 0 Å². The third kappa shape index (κ3) is 3.45. The number of sulfonamides is 1. The molecule has 1 aliphatic carbocycles. The summed E-state index contributed by atoms with van der Waals surface area (Å²) < 4.78 is 28.8. The van der Waals surface area contributed by atoms with Crippen molar-refractivity contribution in [3.8, 4) is 0 Å². The third-order valence-electron chi connectivity index (χ3n) is 4.39. The fourth-order valence-electron chi connectivity index (χ4n) is 2.82. The van der Waals surface area contributed by atoms with E-state index in [1.807, 2.05) is 24.3 Å². The van der Waals surface area contributed by atoms with Gasteiger partial charge >= 0.3 is 5.97 Å². The van der Waals surface area contributed by atoms with Crippen LogP contribution in [0.3, 0.4) is 0 Å². The molecule has 3 rings (SSSR count). The number of carboxylic acids is 1. The molecule has 25 heavy (non-hydrogen) atoms. The molecule has 7 nitrogen and oxygen atoms in total. The Hall–Kier alpha value is -2.19. The normalized spacial score (nSPS) is 14.8. The lowest BCUT2D eigenvalue weighted by molar-refractivity contribution is 0.0692. The molecule has 0 spiro atoms. The van der Waals surface area contributed by atoms with Gasteiger partial charge in [0, 0.05) is 19.6 Å². The molecule has 1 fully saturated rings. The van der Waals surface area contributed by atoms with Gasteiger partial charge in [-0.1, -0.05) is 31.2 Å². The summed E-state index contributed by atoms with van der Waals surface area (Å²) in [6.07, 6.45) is 3.57. The van der Waals surface area contributed by atoms with Gasteiger partial charge in [-0.15, -0.1) is 0 Å². The maximum atomic E-state index is 13.2. The maximum absolute atomic E-state index is 13.2. The standard InChI is InChI=1S/C17H21N3O4S/c1-3-12-4-6-13(7-5-12)11-20(14-8-9-14)25(23,24)16-15(17(21)22)10-18-19(16)2/h4-7,10,14H,3,8-9,11H2,1-2H3,(H,21,22). The van der Waals surface area contributed by atoms with Crippen LogP contribution in [-0.4, -0.2) is 39.6 Å². The number of benzene rings is 1. The lowest BCUT2D eigenvalue weighted by atomic mass is 10.1. The monoisotopic (exact) mass is 363 g/mol. The van der Waals surface area contributed by atoms with E-state index in [0.29, 0.717) is 0 Å². The minimum absolute atomic E-state index is 0.0904. The summed E-state index contributed by atoms with van der Waals surface area (Å²) in [5.74, 6) is -1.30. The molecule has 0 radical (unpaired) electrons. The van der Waals surface area contributed by atoms with E-state index in [1.54, 1.807) is 0 Å². The molecule has 2 aromatic rings. The molecule has 8 heteroatoms.